The van der Waals surface area contributed by atoms with Gasteiger partial charge in [-0.1, -0.05) is 11.8 Å². The smallest absolute Gasteiger partial charge is 0.0578 e. The van der Waals surface area contributed by atoms with Crippen molar-refractivity contribution in [2.24, 2.45) is 5.41 Å². The molecule has 0 spiro atoms. The van der Waals surface area contributed by atoms with Gasteiger partial charge in [-0.2, -0.15) is 0 Å². The van der Waals surface area contributed by atoms with Crippen LogP contribution in [0.2, 0.25) is 0 Å². The van der Waals surface area contributed by atoms with E-state index in [-0.39, 0.29) is 5.41 Å². The summed E-state index contributed by atoms with van der Waals surface area (Å²) in [5.41, 5.74) is 0.158. The Balaban J connectivity index is 2.11. The lowest BCUT2D eigenvalue weighted by Crippen LogP contribution is -2.16. The van der Waals surface area contributed by atoms with E-state index in [0.29, 0.717) is 0 Å². The molecule has 1 fully saturated rings. The molecular weight excluding hydrogens is 134 g/mol. The fraction of sp³-hybridized carbons (Fsp3) is 0.800. The van der Waals surface area contributed by atoms with E-state index in [1.165, 1.54) is 12.8 Å². The fourth-order valence-corrected chi connectivity index (χ4v) is 0.792. The summed E-state index contributed by atoms with van der Waals surface area (Å²) in [6.07, 6.45) is 2.69. The molecule has 1 heteroatoms. The van der Waals surface area contributed by atoms with E-state index in [9.17, 15) is 0 Å². The summed E-state index contributed by atoms with van der Waals surface area (Å²) < 4.78 is 0. The van der Waals surface area contributed by atoms with Crippen molar-refractivity contribution in [1.82, 2.24) is 5.32 Å². The van der Waals surface area contributed by atoms with Crippen LogP contribution in [0.25, 0.3) is 0 Å². The Morgan fingerprint density at radius 2 is 2.00 bits per heavy atom. The van der Waals surface area contributed by atoms with E-state index in [1.807, 2.05) is 0 Å². The first-order valence-corrected chi connectivity index (χ1v) is 4.31. The lowest BCUT2D eigenvalue weighted by molar-refractivity contribution is 0.570. The highest BCUT2D eigenvalue weighted by atomic mass is 14.9. The number of hydrogen-bond donors (Lipinski definition) is 1. The van der Waals surface area contributed by atoms with Crippen molar-refractivity contribution in [3.05, 3.63) is 0 Å². The van der Waals surface area contributed by atoms with Crippen molar-refractivity contribution in [2.75, 3.05) is 6.54 Å². The quantitative estimate of drug-likeness (QED) is 0.593. The molecule has 0 saturated heterocycles. The van der Waals surface area contributed by atoms with Crippen molar-refractivity contribution in [3.63, 3.8) is 0 Å². The zero-order valence-electron chi connectivity index (χ0n) is 7.70. The average molecular weight is 151 g/mol. The van der Waals surface area contributed by atoms with Gasteiger partial charge in [0.1, 0.15) is 0 Å². The zero-order valence-corrected chi connectivity index (χ0v) is 7.70. The van der Waals surface area contributed by atoms with E-state index in [1.54, 1.807) is 0 Å². The summed E-state index contributed by atoms with van der Waals surface area (Å²) in [5.74, 6) is 6.33. The molecule has 1 aliphatic carbocycles. The van der Waals surface area contributed by atoms with Crippen molar-refractivity contribution in [3.8, 4) is 11.8 Å². The molecule has 0 bridgehead atoms. The molecule has 0 aliphatic heterocycles. The molecule has 0 heterocycles. The van der Waals surface area contributed by atoms with Crippen LogP contribution in [0.3, 0.4) is 0 Å². The first-order valence-electron chi connectivity index (χ1n) is 4.31. The van der Waals surface area contributed by atoms with Gasteiger partial charge in [0.05, 0.1) is 6.54 Å². The SMILES string of the molecule is CC(C)(C)C#CCNC1CC1. The maximum atomic E-state index is 3.36. The van der Waals surface area contributed by atoms with Crippen LogP contribution in [0.1, 0.15) is 33.6 Å². The van der Waals surface area contributed by atoms with Crippen LogP contribution in [0.15, 0.2) is 0 Å². The molecule has 1 rings (SSSR count). The molecule has 1 saturated carbocycles. The van der Waals surface area contributed by atoms with Gasteiger partial charge >= 0.3 is 0 Å². The first kappa shape index (κ1) is 8.62. The largest absolute Gasteiger partial charge is 0.303 e. The van der Waals surface area contributed by atoms with Gasteiger partial charge in [-0.3, -0.25) is 0 Å². The Labute approximate surface area is 69.6 Å². The monoisotopic (exact) mass is 151 g/mol. The minimum atomic E-state index is 0.158. The lowest BCUT2D eigenvalue weighted by atomic mass is 9.98. The molecule has 0 amide bonds. The van der Waals surface area contributed by atoms with Gasteiger partial charge in [0, 0.05) is 11.5 Å². The highest BCUT2D eigenvalue weighted by Crippen LogP contribution is 2.17. The zero-order chi connectivity index (χ0) is 8.32. The summed E-state index contributed by atoms with van der Waals surface area (Å²) in [4.78, 5) is 0. The molecule has 1 N–H and O–H groups in total. The number of nitrogens with one attached hydrogen (secondary N) is 1. The molecule has 1 nitrogen and oxygen atoms in total. The molecule has 62 valence electrons. The van der Waals surface area contributed by atoms with Crippen molar-refractivity contribution in [1.29, 1.82) is 0 Å². The molecule has 0 aromatic rings. The lowest BCUT2D eigenvalue weighted by Gasteiger charge is -2.06. The summed E-state index contributed by atoms with van der Waals surface area (Å²) in [5, 5.41) is 3.36. The standard InChI is InChI=1S/C10H17N/c1-10(2,3)7-4-8-11-9-5-6-9/h9,11H,5-6,8H2,1-3H3. The number of rotatable bonds is 2. The van der Waals surface area contributed by atoms with Crippen molar-refractivity contribution in [2.45, 2.75) is 39.7 Å². The van der Waals surface area contributed by atoms with Crippen LogP contribution in [-0.4, -0.2) is 12.6 Å². The molecule has 1 aliphatic rings. The molecule has 0 unspecified atom stereocenters. The predicted molar refractivity (Wildman–Crippen MR) is 48.3 cm³/mol. The topological polar surface area (TPSA) is 12.0 Å². The van der Waals surface area contributed by atoms with Gasteiger partial charge in [0.15, 0.2) is 0 Å². The number of hydrogen-bond acceptors (Lipinski definition) is 1. The maximum Gasteiger partial charge on any atom is 0.0578 e. The van der Waals surface area contributed by atoms with E-state index < -0.39 is 0 Å². The van der Waals surface area contributed by atoms with Crippen LogP contribution >= 0.6 is 0 Å². The predicted octanol–water partition coefficient (Wildman–Crippen LogP) is 1.79. The third kappa shape index (κ3) is 4.86. The fourth-order valence-electron chi connectivity index (χ4n) is 0.792. The van der Waals surface area contributed by atoms with Crippen LogP contribution in [-0.2, 0) is 0 Å². The van der Waals surface area contributed by atoms with Gasteiger partial charge in [0.2, 0.25) is 0 Å². The molecule has 11 heavy (non-hydrogen) atoms. The van der Waals surface area contributed by atoms with Gasteiger partial charge < -0.3 is 5.32 Å². The minimum absolute atomic E-state index is 0.158. The van der Waals surface area contributed by atoms with Crippen LogP contribution in [0.5, 0.6) is 0 Å². The summed E-state index contributed by atoms with van der Waals surface area (Å²) in [6.45, 7) is 7.27. The Morgan fingerprint density at radius 1 is 1.36 bits per heavy atom. The van der Waals surface area contributed by atoms with Crippen LogP contribution < -0.4 is 5.32 Å². The van der Waals surface area contributed by atoms with Crippen LogP contribution in [0, 0.1) is 17.3 Å². The Hall–Kier alpha value is -0.480. The van der Waals surface area contributed by atoms with Gasteiger partial charge in [-0.25, -0.2) is 0 Å². The Morgan fingerprint density at radius 3 is 2.45 bits per heavy atom. The van der Waals surface area contributed by atoms with Gasteiger partial charge in [0.25, 0.3) is 0 Å². The average Bonchev–Trinajstić information content (AvgIpc) is 2.60. The van der Waals surface area contributed by atoms with E-state index in [2.05, 4.69) is 37.9 Å². The van der Waals surface area contributed by atoms with E-state index in [4.69, 9.17) is 0 Å². The van der Waals surface area contributed by atoms with Gasteiger partial charge in [-0.15, -0.1) is 0 Å². The second-order valence-electron chi connectivity index (χ2n) is 4.21. The first-order chi connectivity index (χ1) is 5.08. The van der Waals surface area contributed by atoms with Gasteiger partial charge in [-0.05, 0) is 33.6 Å². The molecule has 0 aromatic heterocycles. The Kier molecular flexibility index (Phi) is 2.57. The minimum Gasteiger partial charge on any atom is -0.303 e. The second-order valence-corrected chi connectivity index (χ2v) is 4.21. The molecule has 0 aromatic carbocycles. The van der Waals surface area contributed by atoms with Crippen molar-refractivity contribution >= 4 is 0 Å². The highest BCUT2D eigenvalue weighted by Gasteiger charge is 2.19. The third-order valence-electron chi connectivity index (χ3n) is 1.52. The summed E-state index contributed by atoms with van der Waals surface area (Å²) in [6, 6.07) is 0.782. The highest BCUT2D eigenvalue weighted by molar-refractivity contribution is 5.08. The molecular formula is C10H17N. The molecule has 0 radical (unpaired) electrons. The Bertz CT molecular complexity index is 173. The van der Waals surface area contributed by atoms with E-state index >= 15 is 0 Å². The summed E-state index contributed by atoms with van der Waals surface area (Å²) in [7, 11) is 0. The maximum absolute atomic E-state index is 3.36. The summed E-state index contributed by atoms with van der Waals surface area (Å²) >= 11 is 0. The van der Waals surface area contributed by atoms with Crippen molar-refractivity contribution < 1.29 is 0 Å². The normalized spacial score (nSPS) is 17.4. The van der Waals surface area contributed by atoms with E-state index in [0.717, 1.165) is 12.6 Å². The molecule has 0 atom stereocenters. The third-order valence-corrected chi connectivity index (χ3v) is 1.52. The second kappa shape index (κ2) is 3.28. The van der Waals surface area contributed by atoms with Crippen LogP contribution in [0.4, 0.5) is 0 Å².